The summed E-state index contributed by atoms with van der Waals surface area (Å²) in [6.07, 6.45) is 2.01. The molecule has 4 heteroatoms. The molecule has 4 nitrogen and oxygen atoms in total. The highest BCUT2D eigenvalue weighted by Gasteiger charge is 2.39. The van der Waals surface area contributed by atoms with E-state index in [1.54, 1.807) is 14.2 Å². The van der Waals surface area contributed by atoms with Crippen LogP contribution in [0.5, 0.6) is 0 Å². The molecule has 0 aromatic heterocycles. The average Bonchev–Trinajstić information content (AvgIpc) is 2.17. The highest BCUT2D eigenvalue weighted by molar-refractivity contribution is 4.94. The quantitative estimate of drug-likeness (QED) is 0.719. The Morgan fingerprint density at radius 2 is 2.00 bits per heavy atom. The molecule has 0 aliphatic heterocycles. The number of hydrogen-bond donors (Lipinski definition) is 1. The smallest absolute Gasteiger partial charge is 0.0984 e. The Hall–Kier alpha value is -0.160. The second-order valence-electron chi connectivity index (χ2n) is 4.72. The minimum Gasteiger partial charge on any atom is -0.379 e. The lowest BCUT2D eigenvalue weighted by atomic mass is 9.86. The van der Waals surface area contributed by atoms with E-state index in [4.69, 9.17) is 19.9 Å². The summed E-state index contributed by atoms with van der Waals surface area (Å²) in [7, 11) is 3.40. The number of nitrogens with two attached hydrogens (primary N) is 1. The van der Waals surface area contributed by atoms with Gasteiger partial charge in [0.05, 0.1) is 17.8 Å². The zero-order valence-corrected chi connectivity index (χ0v) is 10.2. The molecule has 0 heterocycles. The predicted octanol–water partition coefficient (Wildman–Crippen LogP) is 0.933. The van der Waals surface area contributed by atoms with Crippen LogP contribution < -0.4 is 5.73 Å². The third-order valence-electron chi connectivity index (χ3n) is 3.15. The van der Waals surface area contributed by atoms with Crippen molar-refractivity contribution < 1.29 is 14.2 Å². The molecular weight excluding hydrogens is 194 g/mol. The Labute approximate surface area is 92.1 Å². The standard InChI is InChI=1S/C11H23NO3/c1-11(2,14-4)5-6-15-9-7-8(12)10(9)13-3/h8-10H,5-7,12H2,1-4H3. The summed E-state index contributed by atoms with van der Waals surface area (Å²) in [6, 6.07) is 0.135. The number of methoxy groups -OCH3 is 2. The summed E-state index contributed by atoms with van der Waals surface area (Å²) in [5.41, 5.74) is 5.66. The van der Waals surface area contributed by atoms with Crippen LogP contribution in [0.3, 0.4) is 0 Å². The first-order chi connectivity index (χ1) is 7.00. The van der Waals surface area contributed by atoms with Crippen LogP contribution in [0.25, 0.3) is 0 Å². The number of rotatable bonds is 6. The lowest BCUT2D eigenvalue weighted by molar-refractivity contribution is -0.134. The van der Waals surface area contributed by atoms with Crippen LogP contribution in [0.2, 0.25) is 0 Å². The largest absolute Gasteiger partial charge is 0.379 e. The summed E-state index contributed by atoms with van der Waals surface area (Å²) < 4.78 is 16.3. The van der Waals surface area contributed by atoms with Gasteiger partial charge < -0.3 is 19.9 Å². The van der Waals surface area contributed by atoms with Crippen molar-refractivity contribution in [3.63, 3.8) is 0 Å². The first kappa shape index (κ1) is 12.9. The van der Waals surface area contributed by atoms with E-state index < -0.39 is 0 Å². The van der Waals surface area contributed by atoms with Gasteiger partial charge >= 0.3 is 0 Å². The van der Waals surface area contributed by atoms with Gasteiger partial charge in [-0.3, -0.25) is 0 Å². The Balaban J connectivity index is 2.16. The Morgan fingerprint density at radius 1 is 1.33 bits per heavy atom. The van der Waals surface area contributed by atoms with Crippen molar-refractivity contribution in [1.82, 2.24) is 0 Å². The van der Waals surface area contributed by atoms with Crippen molar-refractivity contribution in [1.29, 1.82) is 0 Å². The molecule has 1 fully saturated rings. The van der Waals surface area contributed by atoms with Crippen molar-refractivity contribution in [2.45, 2.75) is 50.5 Å². The molecule has 1 aliphatic rings. The maximum Gasteiger partial charge on any atom is 0.0984 e. The molecule has 1 rings (SSSR count). The molecule has 0 aromatic carbocycles. The van der Waals surface area contributed by atoms with Gasteiger partial charge in [0.25, 0.3) is 0 Å². The van der Waals surface area contributed by atoms with E-state index in [0.717, 1.165) is 12.8 Å². The zero-order chi connectivity index (χ0) is 11.5. The summed E-state index contributed by atoms with van der Waals surface area (Å²) in [4.78, 5) is 0. The monoisotopic (exact) mass is 217 g/mol. The fourth-order valence-electron chi connectivity index (χ4n) is 1.66. The Bertz CT molecular complexity index is 196. The van der Waals surface area contributed by atoms with Gasteiger partial charge in [-0.2, -0.15) is 0 Å². The molecule has 0 amide bonds. The van der Waals surface area contributed by atoms with Crippen LogP contribution in [-0.2, 0) is 14.2 Å². The molecule has 0 saturated heterocycles. The normalized spacial score (nSPS) is 31.4. The lowest BCUT2D eigenvalue weighted by Gasteiger charge is -2.41. The van der Waals surface area contributed by atoms with Crippen LogP contribution in [0.4, 0.5) is 0 Å². The topological polar surface area (TPSA) is 53.7 Å². The maximum atomic E-state index is 5.78. The van der Waals surface area contributed by atoms with E-state index in [0.29, 0.717) is 6.61 Å². The summed E-state index contributed by atoms with van der Waals surface area (Å²) in [5.74, 6) is 0. The molecule has 3 unspecified atom stereocenters. The van der Waals surface area contributed by atoms with Crippen LogP contribution in [0.15, 0.2) is 0 Å². The molecule has 1 aliphatic carbocycles. The summed E-state index contributed by atoms with van der Waals surface area (Å²) in [6.45, 7) is 4.80. The number of ether oxygens (including phenoxy) is 3. The van der Waals surface area contributed by atoms with Crippen LogP contribution >= 0.6 is 0 Å². The van der Waals surface area contributed by atoms with Crippen molar-refractivity contribution in [2.24, 2.45) is 5.73 Å². The van der Waals surface area contributed by atoms with Gasteiger partial charge in [0.1, 0.15) is 0 Å². The molecule has 0 spiro atoms. The van der Waals surface area contributed by atoms with Gasteiger partial charge in [-0.1, -0.05) is 0 Å². The van der Waals surface area contributed by atoms with E-state index >= 15 is 0 Å². The molecule has 15 heavy (non-hydrogen) atoms. The molecule has 90 valence electrons. The third-order valence-corrected chi connectivity index (χ3v) is 3.15. The van der Waals surface area contributed by atoms with E-state index in [1.165, 1.54) is 0 Å². The molecule has 0 radical (unpaired) electrons. The van der Waals surface area contributed by atoms with Gasteiger partial charge in [-0.05, 0) is 26.7 Å². The van der Waals surface area contributed by atoms with Crippen LogP contribution in [-0.4, -0.2) is 44.7 Å². The summed E-state index contributed by atoms with van der Waals surface area (Å²) >= 11 is 0. The minimum absolute atomic E-state index is 0.0654. The van der Waals surface area contributed by atoms with Gasteiger partial charge in [0, 0.05) is 26.9 Å². The molecule has 0 bridgehead atoms. The van der Waals surface area contributed by atoms with Gasteiger partial charge in [0.15, 0.2) is 0 Å². The van der Waals surface area contributed by atoms with Crippen molar-refractivity contribution in [3.05, 3.63) is 0 Å². The Morgan fingerprint density at radius 3 is 2.47 bits per heavy atom. The predicted molar refractivity (Wildman–Crippen MR) is 58.8 cm³/mol. The first-order valence-electron chi connectivity index (χ1n) is 5.45. The molecule has 1 saturated carbocycles. The second kappa shape index (κ2) is 5.25. The highest BCUT2D eigenvalue weighted by atomic mass is 16.5. The zero-order valence-electron chi connectivity index (χ0n) is 10.2. The van der Waals surface area contributed by atoms with E-state index in [-0.39, 0.29) is 23.9 Å². The maximum absolute atomic E-state index is 5.78. The average molecular weight is 217 g/mol. The Kier molecular flexibility index (Phi) is 4.52. The van der Waals surface area contributed by atoms with Crippen LogP contribution in [0.1, 0.15) is 26.7 Å². The minimum atomic E-state index is -0.117. The van der Waals surface area contributed by atoms with Crippen molar-refractivity contribution in [3.8, 4) is 0 Å². The van der Waals surface area contributed by atoms with E-state index in [1.807, 2.05) is 0 Å². The van der Waals surface area contributed by atoms with Crippen molar-refractivity contribution in [2.75, 3.05) is 20.8 Å². The lowest BCUT2D eigenvalue weighted by Crippen LogP contribution is -2.57. The SMILES string of the molecule is COC1C(N)CC1OCCC(C)(C)OC. The first-order valence-corrected chi connectivity index (χ1v) is 5.45. The summed E-state index contributed by atoms with van der Waals surface area (Å²) in [5, 5.41) is 0. The number of hydrogen-bond acceptors (Lipinski definition) is 4. The fourth-order valence-corrected chi connectivity index (χ4v) is 1.66. The highest BCUT2D eigenvalue weighted by Crippen LogP contribution is 2.25. The van der Waals surface area contributed by atoms with E-state index in [2.05, 4.69) is 13.8 Å². The molecule has 3 atom stereocenters. The molecular formula is C11H23NO3. The second-order valence-corrected chi connectivity index (χ2v) is 4.72. The fraction of sp³-hybridized carbons (Fsp3) is 1.00. The van der Waals surface area contributed by atoms with Gasteiger partial charge in [-0.25, -0.2) is 0 Å². The van der Waals surface area contributed by atoms with Crippen molar-refractivity contribution >= 4 is 0 Å². The van der Waals surface area contributed by atoms with Gasteiger partial charge in [0.2, 0.25) is 0 Å². The molecule has 2 N–H and O–H groups in total. The van der Waals surface area contributed by atoms with E-state index in [9.17, 15) is 0 Å². The van der Waals surface area contributed by atoms with Gasteiger partial charge in [-0.15, -0.1) is 0 Å². The molecule has 0 aromatic rings. The third kappa shape index (κ3) is 3.41. The van der Waals surface area contributed by atoms with Crippen LogP contribution in [0, 0.1) is 0 Å².